The van der Waals surface area contributed by atoms with Crippen LogP contribution in [0.4, 0.5) is 0 Å². The van der Waals surface area contributed by atoms with Crippen LogP contribution in [0.3, 0.4) is 0 Å². The average molecular weight is 437 g/mol. The van der Waals surface area contributed by atoms with Gasteiger partial charge < -0.3 is 10.1 Å². The summed E-state index contributed by atoms with van der Waals surface area (Å²) in [5.74, 6) is 0.454. The second-order valence-electron chi connectivity index (χ2n) is 7.20. The van der Waals surface area contributed by atoms with Crippen LogP contribution in [-0.4, -0.2) is 38.5 Å². The SMILES string of the molecule is COc1ccc2c(c1)CCCC2NC(=O)CN(Cc1ccccc1Cl)S(C)(=O)=O. The first-order chi connectivity index (χ1) is 13.8. The number of rotatable bonds is 7. The molecule has 156 valence electrons. The molecule has 6 nitrogen and oxygen atoms in total. The van der Waals surface area contributed by atoms with Gasteiger partial charge in [-0.15, -0.1) is 0 Å². The maximum atomic E-state index is 12.7. The first-order valence-corrected chi connectivity index (χ1v) is 11.7. The van der Waals surface area contributed by atoms with Crippen LogP contribution in [0, 0.1) is 0 Å². The topological polar surface area (TPSA) is 75.7 Å². The number of hydrogen-bond donors (Lipinski definition) is 1. The maximum absolute atomic E-state index is 12.7. The summed E-state index contributed by atoms with van der Waals surface area (Å²) in [6.45, 7) is -0.212. The monoisotopic (exact) mass is 436 g/mol. The molecular formula is C21H25ClN2O4S. The minimum Gasteiger partial charge on any atom is -0.497 e. The lowest BCUT2D eigenvalue weighted by Crippen LogP contribution is -2.41. The summed E-state index contributed by atoms with van der Waals surface area (Å²) < 4.78 is 30.9. The molecule has 1 aliphatic rings. The summed E-state index contributed by atoms with van der Waals surface area (Å²) in [4.78, 5) is 12.7. The Balaban J connectivity index is 1.72. The van der Waals surface area contributed by atoms with Crippen LogP contribution >= 0.6 is 11.6 Å². The first-order valence-electron chi connectivity index (χ1n) is 9.42. The lowest BCUT2D eigenvalue weighted by atomic mass is 9.87. The van der Waals surface area contributed by atoms with Crippen molar-refractivity contribution < 1.29 is 17.9 Å². The van der Waals surface area contributed by atoms with Gasteiger partial charge >= 0.3 is 0 Å². The van der Waals surface area contributed by atoms with Crippen LogP contribution in [0.5, 0.6) is 5.75 Å². The van der Waals surface area contributed by atoms with E-state index < -0.39 is 10.0 Å². The van der Waals surface area contributed by atoms with Gasteiger partial charge in [0, 0.05) is 11.6 Å². The van der Waals surface area contributed by atoms with Gasteiger partial charge in [0.2, 0.25) is 15.9 Å². The van der Waals surface area contributed by atoms with Crippen LogP contribution in [0.1, 0.15) is 35.6 Å². The molecule has 1 unspecified atom stereocenters. The van der Waals surface area contributed by atoms with Gasteiger partial charge in [0.15, 0.2) is 0 Å². The molecule has 29 heavy (non-hydrogen) atoms. The smallest absolute Gasteiger partial charge is 0.235 e. The number of aryl methyl sites for hydroxylation is 1. The number of methoxy groups -OCH3 is 1. The summed E-state index contributed by atoms with van der Waals surface area (Å²) in [6, 6.07) is 12.7. The van der Waals surface area contributed by atoms with Crippen LogP contribution in [0.15, 0.2) is 42.5 Å². The molecule has 0 heterocycles. The Morgan fingerprint density at radius 3 is 2.72 bits per heavy atom. The average Bonchev–Trinajstić information content (AvgIpc) is 2.68. The number of nitrogens with zero attached hydrogens (tertiary/aromatic N) is 1. The quantitative estimate of drug-likeness (QED) is 0.722. The summed E-state index contributed by atoms with van der Waals surface area (Å²) in [5, 5.41) is 3.47. The molecule has 1 amide bonds. The number of ether oxygens (including phenoxy) is 1. The molecule has 2 aromatic rings. The summed E-state index contributed by atoms with van der Waals surface area (Å²) in [6.07, 6.45) is 3.79. The minimum atomic E-state index is -3.59. The van der Waals surface area contributed by atoms with E-state index >= 15 is 0 Å². The molecule has 2 aromatic carbocycles. The number of benzene rings is 2. The highest BCUT2D eigenvalue weighted by atomic mass is 35.5. The Labute approximate surface area is 176 Å². The molecule has 0 aromatic heterocycles. The van der Waals surface area contributed by atoms with Gasteiger partial charge in [0.1, 0.15) is 5.75 Å². The van der Waals surface area contributed by atoms with E-state index in [1.54, 1.807) is 31.4 Å². The predicted octanol–water partition coefficient (Wildman–Crippen LogP) is 3.30. The lowest BCUT2D eigenvalue weighted by Gasteiger charge is -2.28. The molecule has 0 saturated heterocycles. The number of carbonyl (C=O) groups is 1. The zero-order valence-corrected chi connectivity index (χ0v) is 18.1. The zero-order chi connectivity index (χ0) is 21.0. The third kappa shape index (κ3) is 5.50. The molecule has 3 rings (SSSR count). The summed E-state index contributed by atoms with van der Waals surface area (Å²) in [5.41, 5.74) is 2.86. The normalized spacial score (nSPS) is 16.3. The number of carbonyl (C=O) groups excluding carboxylic acids is 1. The van der Waals surface area contributed by atoms with Crippen LogP contribution in [-0.2, 0) is 27.8 Å². The Hall–Kier alpha value is -2.09. The van der Waals surface area contributed by atoms with E-state index in [0.29, 0.717) is 10.6 Å². The van der Waals surface area contributed by atoms with Crippen molar-refractivity contribution in [2.75, 3.05) is 19.9 Å². The molecule has 0 bridgehead atoms. The number of nitrogens with one attached hydrogen (secondary N) is 1. The third-order valence-corrected chi connectivity index (χ3v) is 6.66. The molecular weight excluding hydrogens is 412 g/mol. The molecule has 0 radical (unpaired) electrons. The van der Waals surface area contributed by atoms with Crippen LogP contribution < -0.4 is 10.1 Å². The van der Waals surface area contributed by atoms with Gasteiger partial charge in [0.05, 0.1) is 26.0 Å². The molecule has 1 N–H and O–H groups in total. The van der Waals surface area contributed by atoms with Crippen molar-refractivity contribution in [1.82, 2.24) is 9.62 Å². The highest BCUT2D eigenvalue weighted by Crippen LogP contribution is 2.32. The van der Waals surface area contributed by atoms with Crippen molar-refractivity contribution in [3.8, 4) is 5.75 Å². The number of hydrogen-bond acceptors (Lipinski definition) is 4. The molecule has 0 fully saturated rings. The van der Waals surface area contributed by atoms with Crippen LogP contribution in [0.2, 0.25) is 5.02 Å². The summed E-state index contributed by atoms with van der Waals surface area (Å²) in [7, 11) is -1.96. The fourth-order valence-corrected chi connectivity index (χ4v) is 4.50. The highest BCUT2D eigenvalue weighted by molar-refractivity contribution is 7.88. The van der Waals surface area contributed by atoms with E-state index in [0.717, 1.165) is 46.7 Å². The fourth-order valence-electron chi connectivity index (χ4n) is 3.57. The van der Waals surface area contributed by atoms with Crippen molar-refractivity contribution in [2.45, 2.75) is 31.8 Å². The second kappa shape index (κ2) is 9.15. The van der Waals surface area contributed by atoms with E-state index in [1.165, 1.54) is 0 Å². The van der Waals surface area contributed by atoms with Gasteiger partial charge in [-0.05, 0) is 54.2 Å². The van der Waals surface area contributed by atoms with E-state index in [1.807, 2.05) is 18.2 Å². The Kier molecular flexibility index (Phi) is 6.82. The van der Waals surface area contributed by atoms with Crippen molar-refractivity contribution in [3.63, 3.8) is 0 Å². The van der Waals surface area contributed by atoms with Crippen molar-refractivity contribution in [1.29, 1.82) is 0 Å². The highest BCUT2D eigenvalue weighted by Gasteiger charge is 2.26. The molecule has 1 atom stereocenters. The molecule has 1 aliphatic carbocycles. The Morgan fingerprint density at radius 1 is 1.28 bits per heavy atom. The largest absolute Gasteiger partial charge is 0.497 e. The van der Waals surface area contributed by atoms with E-state index in [-0.39, 0.29) is 25.0 Å². The third-order valence-electron chi connectivity index (χ3n) is 5.09. The van der Waals surface area contributed by atoms with Crippen molar-refractivity contribution in [2.24, 2.45) is 0 Å². The number of sulfonamides is 1. The van der Waals surface area contributed by atoms with Crippen molar-refractivity contribution >= 4 is 27.5 Å². The van der Waals surface area contributed by atoms with Gasteiger partial charge in [0.25, 0.3) is 0 Å². The number of halogens is 1. The molecule has 0 spiro atoms. The summed E-state index contributed by atoms with van der Waals surface area (Å²) >= 11 is 6.16. The standard InChI is InChI=1S/C21H25ClN2O4S/c1-28-17-10-11-18-15(12-17)7-5-9-20(18)23-21(25)14-24(29(2,26)27)13-16-6-3-4-8-19(16)22/h3-4,6,8,10-12,20H,5,7,9,13-14H2,1-2H3,(H,23,25). The lowest BCUT2D eigenvalue weighted by molar-refractivity contribution is -0.122. The Bertz CT molecular complexity index is 994. The van der Waals surface area contributed by atoms with E-state index in [4.69, 9.17) is 16.3 Å². The van der Waals surface area contributed by atoms with E-state index in [9.17, 15) is 13.2 Å². The maximum Gasteiger partial charge on any atom is 0.235 e. The van der Waals surface area contributed by atoms with Crippen molar-refractivity contribution in [3.05, 3.63) is 64.2 Å². The number of amides is 1. The van der Waals surface area contributed by atoms with Crippen LogP contribution in [0.25, 0.3) is 0 Å². The molecule has 0 saturated carbocycles. The van der Waals surface area contributed by atoms with Gasteiger partial charge in [-0.2, -0.15) is 4.31 Å². The number of fused-ring (bicyclic) bond motifs is 1. The molecule has 0 aliphatic heterocycles. The van der Waals surface area contributed by atoms with Gasteiger partial charge in [-0.25, -0.2) is 8.42 Å². The second-order valence-corrected chi connectivity index (χ2v) is 9.59. The van der Waals surface area contributed by atoms with E-state index in [2.05, 4.69) is 5.32 Å². The Morgan fingerprint density at radius 2 is 2.03 bits per heavy atom. The minimum absolute atomic E-state index is 0.0460. The predicted molar refractivity (Wildman–Crippen MR) is 114 cm³/mol. The fraction of sp³-hybridized carbons (Fsp3) is 0.381. The van der Waals surface area contributed by atoms with Gasteiger partial charge in [-0.3, -0.25) is 4.79 Å². The zero-order valence-electron chi connectivity index (χ0n) is 16.5. The van der Waals surface area contributed by atoms with Gasteiger partial charge in [-0.1, -0.05) is 35.9 Å². The molecule has 8 heteroatoms. The first kappa shape index (κ1) is 21.6.